The van der Waals surface area contributed by atoms with Gasteiger partial charge in [0.1, 0.15) is 0 Å². The predicted octanol–water partition coefficient (Wildman–Crippen LogP) is 0.447. The largest absolute Gasteiger partial charge is 0.317 e. The number of piperidine rings is 1. The molecule has 2 fully saturated rings. The van der Waals surface area contributed by atoms with Crippen LogP contribution in [0.15, 0.2) is 12.2 Å². The van der Waals surface area contributed by atoms with E-state index in [0.29, 0.717) is 0 Å². The summed E-state index contributed by atoms with van der Waals surface area (Å²) >= 11 is 0. The van der Waals surface area contributed by atoms with E-state index in [1.165, 1.54) is 39.0 Å². The second-order valence-corrected chi connectivity index (χ2v) is 4.57. The fraction of sp³-hybridized carbons (Fsp3) is 0.833. The minimum absolute atomic E-state index is 0.828. The molecule has 0 unspecified atom stereocenters. The van der Waals surface area contributed by atoms with Gasteiger partial charge in [-0.25, -0.2) is 0 Å². The highest BCUT2D eigenvalue weighted by atomic mass is 15.2. The Bertz CT molecular complexity index is 191. The van der Waals surface area contributed by atoms with Crippen molar-refractivity contribution in [2.24, 2.45) is 5.92 Å². The Morgan fingerprint density at radius 3 is 2.40 bits per heavy atom. The van der Waals surface area contributed by atoms with Crippen LogP contribution in [-0.2, 0) is 0 Å². The number of nitrogens with one attached hydrogen (secondary N) is 2. The van der Waals surface area contributed by atoms with Crippen LogP contribution in [0.3, 0.4) is 0 Å². The summed E-state index contributed by atoms with van der Waals surface area (Å²) in [6.07, 6.45) is 7.44. The molecular weight excluding hydrogens is 186 g/mol. The van der Waals surface area contributed by atoms with E-state index in [-0.39, 0.29) is 0 Å². The highest BCUT2D eigenvalue weighted by Gasteiger charge is 2.10. The lowest BCUT2D eigenvalue weighted by Gasteiger charge is -2.26. The van der Waals surface area contributed by atoms with Crippen molar-refractivity contribution in [3.8, 4) is 0 Å². The Hall–Kier alpha value is -0.380. The van der Waals surface area contributed by atoms with Crippen molar-refractivity contribution in [3.05, 3.63) is 12.2 Å². The maximum atomic E-state index is 3.40. The van der Waals surface area contributed by atoms with Gasteiger partial charge >= 0.3 is 0 Å². The minimum atomic E-state index is 0.828. The van der Waals surface area contributed by atoms with E-state index in [0.717, 1.165) is 25.6 Å². The molecular formula is C12H23N3. The van der Waals surface area contributed by atoms with E-state index in [1.807, 2.05) is 0 Å². The van der Waals surface area contributed by atoms with Gasteiger partial charge in [0, 0.05) is 32.7 Å². The normalized spacial score (nSPS) is 26.1. The lowest BCUT2D eigenvalue weighted by molar-refractivity contribution is 0.264. The first-order valence-corrected chi connectivity index (χ1v) is 6.25. The standard InChI is InChI=1S/C12H23N3/c1(2-12-3-5-13-6-4-12)9-15-10-7-14-8-11-15/h1-2,12-14H,3-11H2/b2-1-. The summed E-state index contributed by atoms with van der Waals surface area (Å²) in [6, 6.07) is 0. The van der Waals surface area contributed by atoms with Crippen LogP contribution < -0.4 is 10.6 Å². The molecule has 0 aromatic heterocycles. The minimum Gasteiger partial charge on any atom is -0.317 e. The second-order valence-electron chi connectivity index (χ2n) is 4.57. The van der Waals surface area contributed by atoms with Crippen LogP contribution in [0.5, 0.6) is 0 Å². The molecule has 2 aliphatic heterocycles. The smallest absolute Gasteiger partial charge is 0.0164 e. The molecule has 86 valence electrons. The molecule has 0 amide bonds. The highest BCUT2D eigenvalue weighted by Crippen LogP contribution is 2.12. The maximum absolute atomic E-state index is 3.40. The van der Waals surface area contributed by atoms with E-state index in [4.69, 9.17) is 0 Å². The molecule has 0 radical (unpaired) electrons. The lowest BCUT2D eigenvalue weighted by atomic mass is 9.98. The molecule has 0 spiro atoms. The van der Waals surface area contributed by atoms with Gasteiger partial charge in [-0.2, -0.15) is 0 Å². The number of rotatable bonds is 3. The van der Waals surface area contributed by atoms with Crippen molar-refractivity contribution < 1.29 is 0 Å². The molecule has 0 aromatic carbocycles. The molecule has 2 saturated heterocycles. The van der Waals surface area contributed by atoms with Crippen molar-refractivity contribution in [3.63, 3.8) is 0 Å². The van der Waals surface area contributed by atoms with Gasteiger partial charge in [0.15, 0.2) is 0 Å². The molecule has 0 aromatic rings. The zero-order valence-corrected chi connectivity index (χ0v) is 9.54. The SMILES string of the molecule is C(=C/C1CCNCC1)/CN1CCNCC1. The van der Waals surface area contributed by atoms with Gasteiger partial charge in [-0.3, -0.25) is 4.90 Å². The van der Waals surface area contributed by atoms with Gasteiger partial charge in [0.2, 0.25) is 0 Å². The fourth-order valence-corrected chi connectivity index (χ4v) is 2.33. The number of allylic oxidation sites excluding steroid dienone is 1. The van der Waals surface area contributed by atoms with Crippen molar-refractivity contribution in [2.45, 2.75) is 12.8 Å². The first-order chi connectivity index (χ1) is 7.45. The third kappa shape index (κ3) is 3.93. The maximum Gasteiger partial charge on any atom is 0.0164 e. The third-order valence-corrected chi connectivity index (χ3v) is 3.37. The number of piperazine rings is 1. The van der Waals surface area contributed by atoms with Gasteiger partial charge in [-0.15, -0.1) is 0 Å². The number of hydrogen-bond acceptors (Lipinski definition) is 3. The molecule has 0 aliphatic carbocycles. The average molecular weight is 209 g/mol. The second kappa shape index (κ2) is 6.26. The topological polar surface area (TPSA) is 27.3 Å². The molecule has 0 saturated carbocycles. The Labute approximate surface area is 92.9 Å². The average Bonchev–Trinajstić information content (AvgIpc) is 2.32. The summed E-state index contributed by atoms with van der Waals surface area (Å²) in [4.78, 5) is 2.52. The zero-order chi connectivity index (χ0) is 10.3. The number of hydrogen-bond donors (Lipinski definition) is 2. The van der Waals surface area contributed by atoms with Crippen LogP contribution in [-0.4, -0.2) is 50.7 Å². The third-order valence-electron chi connectivity index (χ3n) is 3.37. The van der Waals surface area contributed by atoms with Gasteiger partial charge < -0.3 is 10.6 Å². The summed E-state index contributed by atoms with van der Waals surface area (Å²) in [5, 5.41) is 6.78. The first-order valence-electron chi connectivity index (χ1n) is 6.25. The summed E-state index contributed by atoms with van der Waals surface area (Å²) in [6.45, 7) is 8.26. The van der Waals surface area contributed by atoms with E-state index in [2.05, 4.69) is 27.7 Å². The quantitative estimate of drug-likeness (QED) is 0.661. The van der Waals surface area contributed by atoms with Crippen LogP contribution in [0.1, 0.15) is 12.8 Å². The van der Waals surface area contributed by atoms with Crippen LogP contribution in [0.2, 0.25) is 0 Å². The van der Waals surface area contributed by atoms with Crippen LogP contribution in [0.4, 0.5) is 0 Å². The Morgan fingerprint density at radius 1 is 1.00 bits per heavy atom. The van der Waals surface area contributed by atoms with E-state index >= 15 is 0 Å². The predicted molar refractivity (Wildman–Crippen MR) is 64.0 cm³/mol. The van der Waals surface area contributed by atoms with E-state index < -0.39 is 0 Å². The molecule has 0 bridgehead atoms. The Kier molecular flexibility index (Phi) is 4.64. The van der Waals surface area contributed by atoms with Crippen molar-refractivity contribution in [1.82, 2.24) is 15.5 Å². The van der Waals surface area contributed by atoms with Crippen LogP contribution >= 0.6 is 0 Å². The van der Waals surface area contributed by atoms with Gasteiger partial charge in [0.05, 0.1) is 0 Å². The molecule has 2 N–H and O–H groups in total. The molecule has 2 rings (SSSR count). The van der Waals surface area contributed by atoms with Crippen molar-refractivity contribution in [1.29, 1.82) is 0 Å². The van der Waals surface area contributed by atoms with Gasteiger partial charge in [-0.05, 0) is 31.8 Å². The van der Waals surface area contributed by atoms with Crippen molar-refractivity contribution >= 4 is 0 Å². The van der Waals surface area contributed by atoms with E-state index in [9.17, 15) is 0 Å². The molecule has 2 aliphatic rings. The highest BCUT2D eigenvalue weighted by molar-refractivity contribution is 4.93. The fourth-order valence-electron chi connectivity index (χ4n) is 2.33. The Balaban J connectivity index is 1.64. The number of nitrogens with zero attached hydrogens (tertiary/aromatic N) is 1. The van der Waals surface area contributed by atoms with Crippen LogP contribution in [0, 0.1) is 5.92 Å². The first kappa shape index (κ1) is 11.1. The summed E-state index contributed by atoms with van der Waals surface area (Å²) < 4.78 is 0. The summed E-state index contributed by atoms with van der Waals surface area (Å²) in [5.41, 5.74) is 0. The molecule has 0 atom stereocenters. The molecule has 2 heterocycles. The summed E-state index contributed by atoms with van der Waals surface area (Å²) in [7, 11) is 0. The van der Waals surface area contributed by atoms with Gasteiger partial charge in [-0.1, -0.05) is 12.2 Å². The summed E-state index contributed by atoms with van der Waals surface area (Å²) in [5.74, 6) is 0.828. The van der Waals surface area contributed by atoms with Gasteiger partial charge in [0.25, 0.3) is 0 Å². The molecule has 3 heteroatoms. The molecule has 3 nitrogen and oxygen atoms in total. The van der Waals surface area contributed by atoms with Crippen LogP contribution in [0.25, 0.3) is 0 Å². The zero-order valence-electron chi connectivity index (χ0n) is 9.54. The molecule has 15 heavy (non-hydrogen) atoms. The van der Waals surface area contributed by atoms with E-state index in [1.54, 1.807) is 0 Å². The monoisotopic (exact) mass is 209 g/mol. The lowest BCUT2D eigenvalue weighted by Crippen LogP contribution is -2.43. The Morgan fingerprint density at radius 2 is 1.67 bits per heavy atom. The van der Waals surface area contributed by atoms with Crippen molar-refractivity contribution in [2.75, 3.05) is 45.8 Å².